The van der Waals surface area contributed by atoms with Crippen LogP contribution in [0.2, 0.25) is 5.02 Å². The lowest BCUT2D eigenvalue weighted by molar-refractivity contribution is 0.0730. The first-order valence-corrected chi connectivity index (χ1v) is 10.7. The second kappa shape index (κ2) is 8.95. The van der Waals surface area contributed by atoms with Crippen molar-refractivity contribution in [3.8, 4) is 5.75 Å². The van der Waals surface area contributed by atoms with Crippen LogP contribution in [0.5, 0.6) is 5.75 Å². The molecule has 1 saturated carbocycles. The highest BCUT2D eigenvalue weighted by molar-refractivity contribution is 7.09. The molecule has 0 saturated heterocycles. The molecule has 1 fully saturated rings. The topological polar surface area (TPSA) is 62.7 Å². The van der Waals surface area contributed by atoms with E-state index in [9.17, 15) is 4.79 Å². The minimum Gasteiger partial charge on any atom is -0.486 e. The van der Waals surface area contributed by atoms with Gasteiger partial charge in [-0.3, -0.25) is 4.79 Å². The monoisotopic (exact) mass is 428 g/mol. The van der Waals surface area contributed by atoms with Gasteiger partial charge in [-0.15, -0.1) is 11.3 Å². The van der Waals surface area contributed by atoms with Crippen LogP contribution in [-0.2, 0) is 19.8 Å². The summed E-state index contributed by atoms with van der Waals surface area (Å²) in [6.07, 6.45) is 2.09. The zero-order chi connectivity index (χ0) is 20.2. The molecule has 0 aliphatic heterocycles. The molecule has 1 aromatic heterocycles. The van der Waals surface area contributed by atoms with E-state index < -0.39 is 0 Å². The molecule has 5 nitrogen and oxygen atoms in total. The molecule has 150 valence electrons. The molecule has 1 aliphatic carbocycles. The van der Waals surface area contributed by atoms with Crippen LogP contribution < -0.4 is 4.74 Å². The van der Waals surface area contributed by atoms with E-state index in [4.69, 9.17) is 21.4 Å². The highest BCUT2D eigenvalue weighted by atomic mass is 35.5. The van der Waals surface area contributed by atoms with Crippen molar-refractivity contribution in [2.75, 3.05) is 0 Å². The lowest BCUT2D eigenvalue weighted by Gasteiger charge is -2.23. The number of thiazole rings is 1. The summed E-state index contributed by atoms with van der Waals surface area (Å²) in [6, 6.07) is 15.1. The smallest absolute Gasteiger partial charge is 0.254 e. The summed E-state index contributed by atoms with van der Waals surface area (Å²) >= 11 is 7.41. The minimum atomic E-state index is -0.0581. The van der Waals surface area contributed by atoms with Crippen molar-refractivity contribution in [3.05, 3.63) is 80.8 Å². The molecule has 0 unspecified atom stereocenters. The fourth-order valence-corrected chi connectivity index (χ4v) is 3.85. The summed E-state index contributed by atoms with van der Waals surface area (Å²) in [5.41, 5.74) is 2.38. The molecule has 0 atom stereocenters. The van der Waals surface area contributed by atoms with Gasteiger partial charge in [0.15, 0.2) is 0 Å². The van der Waals surface area contributed by atoms with Crippen molar-refractivity contribution in [1.29, 1.82) is 0 Å². The largest absolute Gasteiger partial charge is 0.486 e. The maximum atomic E-state index is 12.9. The van der Waals surface area contributed by atoms with Crippen LogP contribution in [0.25, 0.3) is 0 Å². The van der Waals surface area contributed by atoms with Gasteiger partial charge in [0.2, 0.25) is 0 Å². The van der Waals surface area contributed by atoms with E-state index in [0.717, 1.165) is 29.2 Å². The second-order valence-electron chi connectivity index (χ2n) is 6.99. The molecule has 0 radical (unpaired) electrons. The Kier molecular flexibility index (Phi) is 6.13. The van der Waals surface area contributed by atoms with Crippen LogP contribution in [0, 0.1) is 0 Å². The molecule has 29 heavy (non-hydrogen) atoms. The van der Waals surface area contributed by atoms with Crippen LogP contribution in [0.1, 0.15) is 39.5 Å². The molecule has 1 N–H and O–H groups in total. The van der Waals surface area contributed by atoms with Gasteiger partial charge in [-0.25, -0.2) is 4.98 Å². The molecule has 7 heteroatoms. The molecule has 3 aromatic rings. The van der Waals surface area contributed by atoms with E-state index in [2.05, 4.69) is 4.98 Å². The summed E-state index contributed by atoms with van der Waals surface area (Å²) in [5, 5.41) is 12.4. The third-order valence-electron chi connectivity index (χ3n) is 4.74. The summed E-state index contributed by atoms with van der Waals surface area (Å²) in [4.78, 5) is 19.1. The number of carbonyl (C=O) groups is 1. The van der Waals surface area contributed by atoms with Gasteiger partial charge in [-0.05, 0) is 54.8 Å². The van der Waals surface area contributed by atoms with Crippen molar-refractivity contribution in [1.82, 2.24) is 9.88 Å². The Balaban J connectivity index is 1.38. The van der Waals surface area contributed by atoms with Gasteiger partial charge in [0, 0.05) is 28.6 Å². The van der Waals surface area contributed by atoms with Crippen LogP contribution in [0.4, 0.5) is 0 Å². The van der Waals surface area contributed by atoms with Crippen LogP contribution in [0.15, 0.2) is 53.9 Å². The number of aliphatic hydroxyl groups is 1. The number of hydrogen-bond acceptors (Lipinski definition) is 5. The number of ether oxygens (including phenoxy) is 1. The zero-order valence-electron chi connectivity index (χ0n) is 15.8. The van der Waals surface area contributed by atoms with Crippen molar-refractivity contribution in [2.24, 2.45) is 0 Å². The Hall–Kier alpha value is -2.41. The molecular weight excluding hydrogens is 408 g/mol. The van der Waals surface area contributed by atoms with Gasteiger partial charge < -0.3 is 14.7 Å². The first-order valence-electron chi connectivity index (χ1n) is 9.45. The van der Waals surface area contributed by atoms with E-state index in [-0.39, 0.29) is 12.5 Å². The van der Waals surface area contributed by atoms with Crippen LogP contribution >= 0.6 is 22.9 Å². The third kappa shape index (κ3) is 5.15. The lowest BCUT2D eigenvalue weighted by atomic mass is 10.1. The van der Waals surface area contributed by atoms with Gasteiger partial charge in [-0.1, -0.05) is 23.7 Å². The number of amides is 1. The van der Waals surface area contributed by atoms with Gasteiger partial charge in [0.1, 0.15) is 17.4 Å². The quantitative estimate of drug-likeness (QED) is 0.566. The maximum Gasteiger partial charge on any atom is 0.254 e. The van der Waals surface area contributed by atoms with Gasteiger partial charge in [0.05, 0.1) is 12.3 Å². The lowest BCUT2D eigenvalue weighted by Crippen LogP contribution is -2.32. The first-order chi connectivity index (χ1) is 14.1. The van der Waals surface area contributed by atoms with Crippen molar-refractivity contribution >= 4 is 28.8 Å². The van der Waals surface area contributed by atoms with E-state index in [1.165, 1.54) is 11.3 Å². The van der Waals surface area contributed by atoms with E-state index in [1.807, 2.05) is 34.5 Å². The average molecular weight is 429 g/mol. The highest BCUT2D eigenvalue weighted by Crippen LogP contribution is 2.30. The van der Waals surface area contributed by atoms with E-state index in [1.54, 1.807) is 24.3 Å². The normalized spacial score (nSPS) is 13.3. The van der Waals surface area contributed by atoms with Gasteiger partial charge >= 0.3 is 0 Å². The minimum absolute atomic E-state index is 0.0351. The predicted molar refractivity (Wildman–Crippen MR) is 113 cm³/mol. The van der Waals surface area contributed by atoms with Gasteiger partial charge in [0.25, 0.3) is 5.91 Å². The van der Waals surface area contributed by atoms with E-state index >= 15 is 0 Å². The first kappa shape index (κ1) is 19.9. The summed E-state index contributed by atoms with van der Waals surface area (Å²) in [7, 11) is 0. The molecule has 1 amide bonds. The van der Waals surface area contributed by atoms with Gasteiger partial charge in [-0.2, -0.15) is 0 Å². The number of nitrogens with zero attached hydrogens (tertiary/aromatic N) is 2. The number of benzene rings is 2. The Bertz CT molecular complexity index is 968. The number of rotatable bonds is 8. The molecular formula is C22H21ClN2O3S. The Labute approximate surface area is 178 Å². The highest BCUT2D eigenvalue weighted by Gasteiger charge is 2.33. The van der Waals surface area contributed by atoms with Crippen molar-refractivity contribution in [2.45, 2.75) is 38.6 Å². The Morgan fingerprint density at radius 1 is 1.17 bits per heavy atom. The molecule has 4 rings (SSSR count). The molecule has 1 aliphatic rings. The third-order valence-corrected chi connectivity index (χ3v) is 5.86. The predicted octanol–water partition coefficient (Wildman–Crippen LogP) is 4.67. The molecule has 2 aromatic carbocycles. The molecule has 0 bridgehead atoms. The number of halogens is 1. The fraction of sp³-hybridized carbons (Fsp3) is 0.273. The summed E-state index contributed by atoms with van der Waals surface area (Å²) in [6.45, 7) is 0.878. The number of carbonyl (C=O) groups excluding carboxylic acids is 1. The summed E-state index contributed by atoms with van der Waals surface area (Å²) < 4.78 is 5.77. The standard InChI is InChI=1S/C22H21ClN2O3S/c23-17-5-3-16(4-6-17)22(27)25(19-7-8-19)11-15-1-9-20(10-2-15)28-13-21-24-18(12-26)14-29-21/h1-6,9-10,14,19,26H,7-8,11-13H2. The fourth-order valence-electron chi connectivity index (χ4n) is 3.03. The zero-order valence-corrected chi connectivity index (χ0v) is 17.3. The van der Waals surface area contributed by atoms with Crippen LogP contribution in [0.3, 0.4) is 0 Å². The molecule has 1 heterocycles. The maximum absolute atomic E-state index is 12.9. The van der Waals surface area contributed by atoms with Crippen LogP contribution in [-0.4, -0.2) is 26.9 Å². The number of aliphatic hydroxyl groups excluding tert-OH is 1. The van der Waals surface area contributed by atoms with E-state index in [0.29, 0.717) is 35.5 Å². The van der Waals surface area contributed by atoms with Crippen molar-refractivity contribution < 1.29 is 14.6 Å². The Morgan fingerprint density at radius 2 is 1.90 bits per heavy atom. The Morgan fingerprint density at radius 3 is 2.52 bits per heavy atom. The molecule has 0 spiro atoms. The number of hydrogen-bond donors (Lipinski definition) is 1. The SMILES string of the molecule is O=C(c1ccc(Cl)cc1)N(Cc1ccc(OCc2nc(CO)cs2)cc1)C1CC1. The number of aromatic nitrogens is 1. The summed E-state index contributed by atoms with van der Waals surface area (Å²) in [5.74, 6) is 0.782. The average Bonchev–Trinajstić information content (AvgIpc) is 3.48. The van der Waals surface area contributed by atoms with Crippen molar-refractivity contribution in [3.63, 3.8) is 0 Å². The second-order valence-corrected chi connectivity index (χ2v) is 8.37.